The van der Waals surface area contributed by atoms with E-state index in [1.54, 1.807) is 0 Å². The van der Waals surface area contributed by atoms with Crippen LogP contribution in [0.15, 0.2) is 0 Å². The number of hydrogen-bond donors (Lipinski definition) is 2. The molecule has 3 aliphatic rings. The van der Waals surface area contributed by atoms with Crippen LogP contribution in [-0.2, 0) is 0 Å². The average Bonchev–Trinajstić information content (AvgIpc) is 2.31. The molecule has 0 saturated heterocycles. The summed E-state index contributed by atoms with van der Waals surface area (Å²) in [5.74, 6) is 0.304. The second-order valence-electron chi connectivity index (χ2n) is 7.99. The lowest BCUT2D eigenvalue weighted by Gasteiger charge is -2.56. The number of aliphatic hydroxyl groups is 2. The van der Waals surface area contributed by atoms with E-state index in [0.717, 1.165) is 12.8 Å². The first-order chi connectivity index (χ1) is 7.79. The van der Waals surface area contributed by atoms with Gasteiger partial charge >= 0.3 is 0 Å². The molecule has 2 heteroatoms. The average molecular weight is 238 g/mol. The van der Waals surface area contributed by atoms with Crippen LogP contribution >= 0.6 is 0 Å². The molecule has 98 valence electrons. The zero-order valence-electron chi connectivity index (χ0n) is 11.4. The summed E-state index contributed by atoms with van der Waals surface area (Å²) in [6, 6.07) is 0. The lowest BCUT2D eigenvalue weighted by molar-refractivity contribution is -0.125. The Morgan fingerprint density at radius 3 is 2.41 bits per heavy atom. The molecule has 0 aromatic rings. The van der Waals surface area contributed by atoms with Crippen molar-refractivity contribution in [2.24, 2.45) is 22.2 Å². The third kappa shape index (κ3) is 1.46. The summed E-state index contributed by atoms with van der Waals surface area (Å²) in [4.78, 5) is 0. The van der Waals surface area contributed by atoms with Crippen LogP contribution in [0, 0.1) is 22.2 Å². The molecule has 0 amide bonds. The van der Waals surface area contributed by atoms with Crippen LogP contribution in [0.4, 0.5) is 0 Å². The fourth-order valence-corrected chi connectivity index (χ4v) is 5.81. The zero-order chi connectivity index (χ0) is 12.5. The SMILES string of the molecule is CC12CCCC3(CC(O)C(C)(C)C3C(O)C1)C2. The van der Waals surface area contributed by atoms with Crippen molar-refractivity contribution in [2.75, 3.05) is 0 Å². The third-order valence-corrected chi connectivity index (χ3v) is 6.24. The van der Waals surface area contributed by atoms with Gasteiger partial charge in [-0.05, 0) is 54.3 Å². The van der Waals surface area contributed by atoms with Gasteiger partial charge in [0.1, 0.15) is 0 Å². The Morgan fingerprint density at radius 1 is 1.00 bits per heavy atom. The number of hydrogen-bond acceptors (Lipinski definition) is 2. The second kappa shape index (κ2) is 3.27. The van der Waals surface area contributed by atoms with E-state index in [0.29, 0.717) is 11.3 Å². The van der Waals surface area contributed by atoms with Crippen LogP contribution < -0.4 is 0 Å². The molecule has 2 nitrogen and oxygen atoms in total. The van der Waals surface area contributed by atoms with Gasteiger partial charge in [0.25, 0.3) is 0 Å². The van der Waals surface area contributed by atoms with E-state index >= 15 is 0 Å². The highest BCUT2D eigenvalue weighted by atomic mass is 16.3. The maximum absolute atomic E-state index is 10.6. The highest BCUT2D eigenvalue weighted by Crippen LogP contribution is 2.68. The first-order valence-corrected chi connectivity index (χ1v) is 7.15. The first kappa shape index (κ1) is 12.0. The van der Waals surface area contributed by atoms with Crippen molar-refractivity contribution in [3.05, 3.63) is 0 Å². The summed E-state index contributed by atoms with van der Waals surface area (Å²) in [7, 11) is 0. The van der Waals surface area contributed by atoms with Crippen LogP contribution in [0.1, 0.15) is 59.3 Å². The van der Waals surface area contributed by atoms with Crippen LogP contribution in [0.5, 0.6) is 0 Å². The molecule has 2 N–H and O–H groups in total. The Balaban J connectivity index is 2.03. The topological polar surface area (TPSA) is 40.5 Å². The van der Waals surface area contributed by atoms with Gasteiger partial charge in [-0.25, -0.2) is 0 Å². The molecule has 2 bridgehead atoms. The lowest BCUT2D eigenvalue weighted by Crippen LogP contribution is -2.52. The van der Waals surface area contributed by atoms with E-state index in [9.17, 15) is 10.2 Å². The molecule has 0 radical (unpaired) electrons. The van der Waals surface area contributed by atoms with Crippen molar-refractivity contribution in [2.45, 2.75) is 71.5 Å². The van der Waals surface area contributed by atoms with E-state index in [1.807, 2.05) is 0 Å². The van der Waals surface area contributed by atoms with E-state index in [1.165, 1.54) is 25.7 Å². The predicted molar refractivity (Wildman–Crippen MR) is 67.5 cm³/mol. The summed E-state index contributed by atoms with van der Waals surface area (Å²) in [5.41, 5.74) is 0.444. The summed E-state index contributed by atoms with van der Waals surface area (Å²) in [5, 5.41) is 21.0. The van der Waals surface area contributed by atoms with E-state index in [-0.39, 0.29) is 23.0 Å². The van der Waals surface area contributed by atoms with Crippen LogP contribution in [0.3, 0.4) is 0 Å². The van der Waals surface area contributed by atoms with Crippen molar-refractivity contribution in [3.63, 3.8) is 0 Å². The molecular formula is C15H26O2. The molecule has 17 heavy (non-hydrogen) atoms. The molecule has 3 rings (SSSR count). The van der Waals surface area contributed by atoms with Crippen LogP contribution in [0.25, 0.3) is 0 Å². The van der Waals surface area contributed by atoms with Gasteiger partial charge in [-0.15, -0.1) is 0 Å². The van der Waals surface area contributed by atoms with Gasteiger partial charge in [0.05, 0.1) is 12.2 Å². The summed E-state index contributed by atoms with van der Waals surface area (Å²) >= 11 is 0. The molecule has 0 aliphatic heterocycles. The smallest absolute Gasteiger partial charge is 0.0600 e. The minimum Gasteiger partial charge on any atom is -0.393 e. The molecule has 1 spiro atoms. The Hall–Kier alpha value is -0.0800. The zero-order valence-corrected chi connectivity index (χ0v) is 11.4. The minimum atomic E-state index is -0.234. The van der Waals surface area contributed by atoms with Crippen LogP contribution in [0.2, 0.25) is 0 Å². The van der Waals surface area contributed by atoms with Crippen LogP contribution in [-0.4, -0.2) is 22.4 Å². The van der Waals surface area contributed by atoms with Gasteiger partial charge in [-0.3, -0.25) is 0 Å². The largest absolute Gasteiger partial charge is 0.393 e. The number of rotatable bonds is 0. The maximum Gasteiger partial charge on any atom is 0.0600 e. The maximum atomic E-state index is 10.6. The normalized spacial score (nSPS) is 56.6. The second-order valence-corrected chi connectivity index (χ2v) is 7.99. The van der Waals surface area contributed by atoms with Crippen molar-refractivity contribution in [1.82, 2.24) is 0 Å². The van der Waals surface area contributed by atoms with Gasteiger partial charge in [-0.2, -0.15) is 0 Å². The van der Waals surface area contributed by atoms with Gasteiger partial charge in [0.2, 0.25) is 0 Å². The fourth-order valence-electron chi connectivity index (χ4n) is 5.81. The monoisotopic (exact) mass is 238 g/mol. The standard InChI is InChI=1S/C15H26O2/c1-13(2)11(17)8-15-6-4-5-14(3,9-15)7-10(16)12(13)15/h10-12,16-17H,4-9H2,1-3H3. The molecule has 3 saturated carbocycles. The van der Waals surface area contributed by atoms with Gasteiger partial charge in [0, 0.05) is 0 Å². The molecule has 0 heterocycles. The molecule has 5 atom stereocenters. The van der Waals surface area contributed by atoms with Gasteiger partial charge in [0.15, 0.2) is 0 Å². The lowest BCUT2D eigenvalue weighted by atomic mass is 9.49. The van der Waals surface area contributed by atoms with Crippen molar-refractivity contribution in [3.8, 4) is 0 Å². The fraction of sp³-hybridized carbons (Fsp3) is 1.00. The van der Waals surface area contributed by atoms with E-state index in [2.05, 4.69) is 20.8 Å². The summed E-state index contributed by atoms with van der Waals surface area (Å²) < 4.78 is 0. The molecule has 5 unspecified atom stereocenters. The summed E-state index contributed by atoms with van der Waals surface area (Å²) in [6.45, 7) is 6.64. The van der Waals surface area contributed by atoms with E-state index in [4.69, 9.17) is 0 Å². The van der Waals surface area contributed by atoms with Crippen molar-refractivity contribution in [1.29, 1.82) is 0 Å². The molecule has 3 aliphatic carbocycles. The first-order valence-electron chi connectivity index (χ1n) is 7.15. The Labute approximate surface area is 104 Å². The highest BCUT2D eigenvalue weighted by Gasteiger charge is 2.64. The number of fused-ring (bicyclic) bond motifs is 1. The molecule has 0 aromatic carbocycles. The minimum absolute atomic E-state index is 0.113. The Kier molecular flexibility index (Phi) is 2.30. The third-order valence-electron chi connectivity index (χ3n) is 6.24. The van der Waals surface area contributed by atoms with Gasteiger partial charge < -0.3 is 10.2 Å². The van der Waals surface area contributed by atoms with Crippen molar-refractivity contribution >= 4 is 0 Å². The predicted octanol–water partition coefficient (Wildman–Crippen LogP) is 2.72. The molecule has 3 fully saturated rings. The highest BCUT2D eigenvalue weighted by molar-refractivity contribution is 5.14. The number of aliphatic hydroxyl groups excluding tert-OH is 2. The quantitative estimate of drug-likeness (QED) is 0.681. The van der Waals surface area contributed by atoms with Crippen molar-refractivity contribution < 1.29 is 10.2 Å². The summed E-state index contributed by atoms with van der Waals surface area (Å²) in [6.07, 6.45) is 6.39. The Morgan fingerprint density at radius 2 is 1.71 bits per heavy atom. The Bertz CT molecular complexity index is 338. The van der Waals surface area contributed by atoms with E-state index < -0.39 is 0 Å². The molecule has 0 aromatic heterocycles. The van der Waals surface area contributed by atoms with Gasteiger partial charge in [-0.1, -0.05) is 27.2 Å². The molecular weight excluding hydrogens is 212 g/mol.